The van der Waals surface area contributed by atoms with Crippen molar-refractivity contribution < 1.29 is 9.26 Å². The van der Waals surface area contributed by atoms with Gasteiger partial charge < -0.3 is 15.0 Å². The lowest BCUT2D eigenvalue weighted by atomic mass is 10.1. The van der Waals surface area contributed by atoms with Crippen LogP contribution in [0.3, 0.4) is 0 Å². The van der Waals surface area contributed by atoms with Crippen molar-refractivity contribution in [1.82, 2.24) is 5.16 Å². The molecule has 0 bridgehead atoms. The van der Waals surface area contributed by atoms with E-state index in [0.717, 1.165) is 29.2 Å². The molecule has 18 heavy (non-hydrogen) atoms. The molecule has 1 aromatic heterocycles. The summed E-state index contributed by atoms with van der Waals surface area (Å²) in [6.07, 6.45) is 1.44. The molecule has 4 nitrogen and oxygen atoms in total. The van der Waals surface area contributed by atoms with E-state index < -0.39 is 0 Å². The third-order valence-electron chi connectivity index (χ3n) is 2.85. The molecule has 1 fully saturated rings. The van der Waals surface area contributed by atoms with Gasteiger partial charge in [0.25, 0.3) is 0 Å². The van der Waals surface area contributed by atoms with E-state index in [9.17, 15) is 0 Å². The Balaban J connectivity index is 1.80. The molecule has 1 saturated heterocycles. The van der Waals surface area contributed by atoms with Gasteiger partial charge in [-0.1, -0.05) is 17.3 Å². The zero-order valence-electron chi connectivity index (χ0n) is 9.83. The molecule has 94 valence electrons. The molecule has 5 heteroatoms. The maximum atomic E-state index is 5.93. The Morgan fingerprint density at radius 3 is 3.06 bits per heavy atom. The fraction of sp³-hybridized carbons (Fsp3) is 0.308. The second kappa shape index (κ2) is 4.94. The van der Waals surface area contributed by atoms with Gasteiger partial charge in [-0.3, -0.25) is 0 Å². The fourth-order valence-corrected chi connectivity index (χ4v) is 3.05. The molecule has 1 atom stereocenters. The summed E-state index contributed by atoms with van der Waals surface area (Å²) in [5.74, 6) is 3.45. The summed E-state index contributed by atoms with van der Waals surface area (Å²) in [6.45, 7) is 0. The van der Waals surface area contributed by atoms with Crippen LogP contribution in [0, 0.1) is 0 Å². The molecule has 2 N–H and O–H groups in total. The maximum Gasteiger partial charge on any atom is 0.222 e. The number of hydrogen-bond donors (Lipinski definition) is 1. The average Bonchev–Trinajstić information content (AvgIpc) is 3.01. The minimum Gasteiger partial charge on any atom is -0.490 e. The van der Waals surface area contributed by atoms with Gasteiger partial charge >= 0.3 is 0 Å². The van der Waals surface area contributed by atoms with E-state index >= 15 is 0 Å². The van der Waals surface area contributed by atoms with Crippen molar-refractivity contribution in [3.05, 3.63) is 30.3 Å². The van der Waals surface area contributed by atoms with Gasteiger partial charge in [0.15, 0.2) is 0 Å². The highest BCUT2D eigenvalue weighted by atomic mass is 32.2. The molecule has 1 unspecified atom stereocenters. The number of rotatable bonds is 3. The molecular formula is C13H14N2O2S. The molecule has 0 spiro atoms. The lowest BCUT2D eigenvalue weighted by molar-refractivity contribution is 0.229. The van der Waals surface area contributed by atoms with Gasteiger partial charge in [-0.05, 0) is 24.3 Å². The normalized spacial score (nSPS) is 19.0. The Morgan fingerprint density at radius 2 is 2.33 bits per heavy atom. The predicted octanol–water partition coefficient (Wildman–Crippen LogP) is 2.81. The minimum atomic E-state index is 0.323. The highest BCUT2D eigenvalue weighted by Gasteiger charge is 2.17. The summed E-state index contributed by atoms with van der Waals surface area (Å²) in [5, 5.41) is 3.90. The SMILES string of the molecule is Nc1cc(-c2cccc(OC3CCSC3)c2)no1. The second-order valence-electron chi connectivity index (χ2n) is 4.25. The quantitative estimate of drug-likeness (QED) is 0.921. The van der Waals surface area contributed by atoms with Gasteiger partial charge in [0.1, 0.15) is 17.5 Å². The molecule has 0 aliphatic carbocycles. The largest absolute Gasteiger partial charge is 0.490 e. The topological polar surface area (TPSA) is 61.3 Å². The summed E-state index contributed by atoms with van der Waals surface area (Å²) in [7, 11) is 0. The Kier molecular flexibility index (Phi) is 3.15. The monoisotopic (exact) mass is 262 g/mol. The molecular weight excluding hydrogens is 248 g/mol. The molecule has 0 amide bonds. The van der Waals surface area contributed by atoms with Crippen LogP contribution in [0.15, 0.2) is 34.9 Å². The van der Waals surface area contributed by atoms with Gasteiger partial charge in [-0.25, -0.2) is 0 Å². The van der Waals surface area contributed by atoms with Crippen molar-refractivity contribution >= 4 is 17.6 Å². The highest BCUT2D eigenvalue weighted by Crippen LogP contribution is 2.27. The molecule has 0 saturated carbocycles. The van der Waals surface area contributed by atoms with Crippen LogP contribution in [0.2, 0.25) is 0 Å². The molecule has 1 aliphatic rings. The zero-order valence-corrected chi connectivity index (χ0v) is 10.7. The Hall–Kier alpha value is -1.62. The first-order valence-corrected chi connectivity index (χ1v) is 7.04. The van der Waals surface area contributed by atoms with E-state index in [1.54, 1.807) is 6.07 Å². The van der Waals surface area contributed by atoms with Crippen LogP contribution < -0.4 is 10.5 Å². The molecule has 2 aromatic rings. The number of aromatic nitrogens is 1. The van der Waals surface area contributed by atoms with Crippen molar-refractivity contribution in [2.24, 2.45) is 0 Å². The van der Waals surface area contributed by atoms with Crippen LogP contribution in [0.5, 0.6) is 5.75 Å². The maximum absolute atomic E-state index is 5.93. The van der Waals surface area contributed by atoms with Gasteiger partial charge in [0, 0.05) is 17.4 Å². The van der Waals surface area contributed by atoms with Gasteiger partial charge in [0.05, 0.1) is 0 Å². The zero-order chi connectivity index (χ0) is 12.4. The molecule has 1 aromatic carbocycles. The van der Waals surface area contributed by atoms with Crippen LogP contribution in [0.1, 0.15) is 6.42 Å². The predicted molar refractivity (Wildman–Crippen MR) is 72.7 cm³/mol. The Bertz CT molecular complexity index is 535. The summed E-state index contributed by atoms with van der Waals surface area (Å²) < 4.78 is 10.8. The first-order valence-electron chi connectivity index (χ1n) is 5.88. The first kappa shape index (κ1) is 11.5. The molecule has 3 rings (SSSR count). The van der Waals surface area contributed by atoms with Crippen molar-refractivity contribution in [3.8, 4) is 17.0 Å². The standard InChI is InChI=1S/C13H14N2O2S/c14-13-7-12(15-17-13)9-2-1-3-10(6-9)16-11-4-5-18-8-11/h1-3,6-7,11H,4-5,8,14H2. The minimum absolute atomic E-state index is 0.323. The average molecular weight is 262 g/mol. The summed E-state index contributed by atoms with van der Waals surface area (Å²) >= 11 is 1.94. The van der Waals surface area contributed by atoms with Crippen LogP contribution in [-0.2, 0) is 0 Å². The number of thioether (sulfide) groups is 1. The van der Waals surface area contributed by atoms with E-state index in [-0.39, 0.29) is 0 Å². The Labute approximate surface area is 109 Å². The number of benzene rings is 1. The number of ether oxygens (including phenoxy) is 1. The summed E-state index contributed by atoms with van der Waals surface area (Å²) in [4.78, 5) is 0. The van der Waals surface area contributed by atoms with Gasteiger partial charge in [-0.2, -0.15) is 11.8 Å². The van der Waals surface area contributed by atoms with Crippen molar-refractivity contribution in [3.63, 3.8) is 0 Å². The van der Waals surface area contributed by atoms with Crippen molar-refractivity contribution in [1.29, 1.82) is 0 Å². The van der Waals surface area contributed by atoms with E-state index in [0.29, 0.717) is 12.0 Å². The van der Waals surface area contributed by atoms with Gasteiger partial charge in [0.2, 0.25) is 5.88 Å². The van der Waals surface area contributed by atoms with Crippen LogP contribution in [0.25, 0.3) is 11.3 Å². The summed E-state index contributed by atoms with van der Waals surface area (Å²) in [6, 6.07) is 9.58. The molecule has 2 heterocycles. The van der Waals surface area contributed by atoms with E-state index in [4.69, 9.17) is 15.0 Å². The van der Waals surface area contributed by atoms with Gasteiger partial charge in [-0.15, -0.1) is 0 Å². The number of nitrogen functional groups attached to an aromatic ring is 1. The van der Waals surface area contributed by atoms with E-state index in [1.807, 2.05) is 36.0 Å². The number of nitrogens with zero attached hydrogens (tertiary/aromatic N) is 1. The van der Waals surface area contributed by atoms with Crippen LogP contribution in [0.4, 0.5) is 5.88 Å². The highest BCUT2D eigenvalue weighted by molar-refractivity contribution is 7.99. The molecule has 1 aliphatic heterocycles. The lowest BCUT2D eigenvalue weighted by Gasteiger charge is -2.12. The number of hydrogen-bond acceptors (Lipinski definition) is 5. The van der Waals surface area contributed by atoms with Crippen molar-refractivity contribution in [2.75, 3.05) is 17.2 Å². The summed E-state index contributed by atoms with van der Waals surface area (Å²) in [5.41, 5.74) is 7.21. The number of nitrogens with two attached hydrogens (primary N) is 1. The smallest absolute Gasteiger partial charge is 0.222 e. The third kappa shape index (κ3) is 2.46. The van der Waals surface area contributed by atoms with Crippen molar-refractivity contribution in [2.45, 2.75) is 12.5 Å². The molecule has 0 radical (unpaired) electrons. The second-order valence-corrected chi connectivity index (χ2v) is 5.40. The first-order chi connectivity index (χ1) is 8.81. The fourth-order valence-electron chi connectivity index (χ4n) is 1.95. The van der Waals surface area contributed by atoms with E-state index in [2.05, 4.69) is 5.16 Å². The lowest BCUT2D eigenvalue weighted by Crippen LogP contribution is -2.14. The third-order valence-corrected chi connectivity index (χ3v) is 3.98. The van der Waals surface area contributed by atoms with E-state index in [1.165, 1.54) is 5.75 Å². The Morgan fingerprint density at radius 1 is 1.39 bits per heavy atom. The van der Waals surface area contributed by atoms with Crippen LogP contribution >= 0.6 is 11.8 Å². The van der Waals surface area contributed by atoms with Crippen LogP contribution in [-0.4, -0.2) is 22.8 Å². The number of anilines is 1.